The van der Waals surface area contributed by atoms with Crippen LogP contribution in [0.4, 0.5) is 5.69 Å². The summed E-state index contributed by atoms with van der Waals surface area (Å²) in [5.74, 6) is -0.848. The molecular weight excluding hydrogens is 280 g/mol. The van der Waals surface area contributed by atoms with Gasteiger partial charge in [-0.2, -0.15) is 0 Å². The summed E-state index contributed by atoms with van der Waals surface area (Å²) >= 11 is 5.79. The lowest BCUT2D eigenvalue weighted by molar-refractivity contribution is -0.119. The summed E-state index contributed by atoms with van der Waals surface area (Å²) in [7, 11) is 1.67. The van der Waals surface area contributed by atoms with E-state index < -0.39 is 5.97 Å². The van der Waals surface area contributed by atoms with E-state index in [9.17, 15) is 9.59 Å². The number of nitrogens with one attached hydrogen (secondary N) is 1. The van der Waals surface area contributed by atoms with Crippen LogP contribution < -0.4 is 10.2 Å². The fraction of sp³-hybridized carbons (Fsp3) is 0.429. The Balaban J connectivity index is 2.79. The van der Waals surface area contributed by atoms with Crippen molar-refractivity contribution in [2.75, 3.05) is 25.0 Å². The van der Waals surface area contributed by atoms with Gasteiger partial charge in [0.15, 0.2) is 0 Å². The molecule has 0 aliphatic rings. The van der Waals surface area contributed by atoms with Crippen molar-refractivity contribution < 1.29 is 14.7 Å². The zero-order valence-electron chi connectivity index (χ0n) is 11.8. The molecule has 0 radical (unpaired) electrons. The minimum atomic E-state index is -1.07. The van der Waals surface area contributed by atoms with Gasteiger partial charge in [0.2, 0.25) is 5.91 Å². The zero-order valence-corrected chi connectivity index (χ0v) is 12.6. The first kappa shape index (κ1) is 16.3. The van der Waals surface area contributed by atoms with Crippen LogP contribution in [0.5, 0.6) is 0 Å². The van der Waals surface area contributed by atoms with Gasteiger partial charge in [-0.05, 0) is 24.1 Å². The van der Waals surface area contributed by atoms with Crippen LogP contribution >= 0.6 is 11.6 Å². The molecule has 0 aliphatic heterocycles. The van der Waals surface area contributed by atoms with Crippen molar-refractivity contribution in [3.8, 4) is 0 Å². The van der Waals surface area contributed by atoms with E-state index in [1.807, 2.05) is 13.8 Å². The molecular formula is C14H19ClN2O3. The number of amides is 1. The Kier molecular flexibility index (Phi) is 5.82. The fourth-order valence-corrected chi connectivity index (χ4v) is 1.86. The van der Waals surface area contributed by atoms with Crippen molar-refractivity contribution in [3.05, 3.63) is 28.8 Å². The second kappa shape index (κ2) is 7.14. The highest BCUT2D eigenvalue weighted by Gasteiger charge is 2.16. The first-order chi connectivity index (χ1) is 9.31. The van der Waals surface area contributed by atoms with Crippen LogP contribution in [0.25, 0.3) is 0 Å². The summed E-state index contributed by atoms with van der Waals surface area (Å²) in [6, 6.07) is 4.58. The monoisotopic (exact) mass is 298 g/mol. The maximum atomic E-state index is 11.8. The molecule has 0 bridgehead atoms. The number of carbonyl (C=O) groups excluding carboxylic acids is 1. The number of halogens is 1. The van der Waals surface area contributed by atoms with Crippen LogP contribution in [0, 0.1) is 5.92 Å². The van der Waals surface area contributed by atoms with Crippen LogP contribution in [0.3, 0.4) is 0 Å². The third-order valence-corrected chi connectivity index (χ3v) is 2.92. The number of benzene rings is 1. The minimum absolute atomic E-state index is 0.0802. The van der Waals surface area contributed by atoms with E-state index in [1.54, 1.807) is 24.1 Å². The van der Waals surface area contributed by atoms with Gasteiger partial charge in [-0.1, -0.05) is 25.4 Å². The van der Waals surface area contributed by atoms with Gasteiger partial charge in [0, 0.05) is 18.6 Å². The highest BCUT2D eigenvalue weighted by atomic mass is 35.5. The smallest absolute Gasteiger partial charge is 0.337 e. The molecule has 1 amide bonds. The number of carboxylic acids is 1. The number of anilines is 1. The van der Waals surface area contributed by atoms with Gasteiger partial charge in [-0.3, -0.25) is 4.79 Å². The predicted molar refractivity (Wildman–Crippen MR) is 79.5 cm³/mol. The molecule has 0 saturated carbocycles. The maximum absolute atomic E-state index is 11.8. The molecule has 5 nitrogen and oxygen atoms in total. The van der Waals surface area contributed by atoms with Crippen molar-refractivity contribution in [1.29, 1.82) is 0 Å². The summed E-state index contributed by atoms with van der Waals surface area (Å²) in [6.07, 6.45) is 0. The van der Waals surface area contributed by atoms with Gasteiger partial charge in [-0.25, -0.2) is 4.79 Å². The number of aromatic carboxylic acids is 1. The Bertz CT molecular complexity index is 503. The summed E-state index contributed by atoms with van der Waals surface area (Å²) < 4.78 is 0. The molecule has 0 unspecified atom stereocenters. The first-order valence-electron chi connectivity index (χ1n) is 6.32. The molecule has 0 heterocycles. The molecule has 0 aromatic heterocycles. The Morgan fingerprint density at radius 2 is 2.05 bits per heavy atom. The molecule has 6 heteroatoms. The summed E-state index contributed by atoms with van der Waals surface area (Å²) in [5, 5.41) is 12.3. The van der Waals surface area contributed by atoms with Gasteiger partial charge < -0.3 is 15.3 Å². The standard InChI is InChI=1S/C14H19ClN2O3/c1-9(2)7-16-13(18)8-17(3)12-5-4-10(15)6-11(12)14(19)20/h4-6,9H,7-8H2,1-3H3,(H,16,18)(H,19,20). The molecule has 0 atom stereocenters. The number of carboxylic acid groups (broad SMARTS) is 1. The molecule has 2 N–H and O–H groups in total. The highest BCUT2D eigenvalue weighted by molar-refractivity contribution is 6.31. The van der Waals surface area contributed by atoms with E-state index in [1.165, 1.54) is 6.07 Å². The van der Waals surface area contributed by atoms with Crippen LogP contribution in [-0.4, -0.2) is 37.1 Å². The Hall–Kier alpha value is -1.75. The quantitative estimate of drug-likeness (QED) is 0.845. The molecule has 0 saturated heterocycles. The number of hydrogen-bond acceptors (Lipinski definition) is 3. The first-order valence-corrected chi connectivity index (χ1v) is 6.69. The topological polar surface area (TPSA) is 69.6 Å². The fourth-order valence-electron chi connectivity index (χ4n) is 1.69. The molecule has 0 fully saturated rings. The largest absolute Gasteiger partial charge is 0.478 e. The second-order valence-electron chi connectivity index (χ2n) is 5.02. The number of rotatable bonds is 6. The number of likely N-dealkylation sites (N-methyl/N-ethyl adjacent to an activating group) is 1. The predicted octanol–water partition coefficient (Wildman–Crippen LogP) is 2.25. The lowest BCUT2D eigenvalue weighted by Gasteiger charge is -2.21. The lowest BCUT2D eigenvalue weighted by atomic mass is 10.1. The van der Waals surface area contributed by atoms with E-state index in [2.05, 4.69) is 5.32 Å². The van der Waals surface area contributed by atoms with Crippen molar-refractivity contribution >= 4 is 29.2 Å². The minimum Gasteiger partial charge on any atom is -0.478 e. The van der Waals surface area contributed by atoms with Gasteiger partial charge in [0.25, 0.3) is 0 Å². The summed E-state index contributed by atoms with van der Waals surface area (Å²) in [5.41, 5.74) is 0.540. The van der Waals surface area contributed by atoms with Crippen molar-refractivity contribution in [3.63, 3.8) is 0 Å². The van der Waals surface area contributed by atoms with E-state index in [0.29, 0.717) is 23.2 Å². The molecule has 1 aromatic carbocycles. The average Bonchev–Trinajstić information content (AvgIpc) is 2.35. The average molecular weight is 299 g/mol. The number of nitrogens with zero attached hydrogens (tertiary/aromatic N) is 1. The third-order valence-electron chi connectivity index (χ3n) is 2.69. The van der Waals surface area contributed by atoms with Crippen molar-refractivity contribution in [2.24, 2.45) is 5.92 Å². The van der Waals surface area contributed by atoms with Crippen LogP contribution in [0.1, 0.15) is 24.2 Å². The summed E-state index contributed by atoms with van der Waals surface area (Å²) in [6.45, 7) is 4.70. The van der Waals surface area contributed by atoms with Gasteiger partial charge in [0.1, 0.15) is 0 Å². The summed E-state index contributed by atoms with van der Waals surface area (Å²) in [4.78, 5) is 24.5. The van der Waals surface area contributed by atoms with E-state index in [0.717, 1.165) is 0 Å². The molecule has 20 heavy (non-hydrogen) atoms. The highest BCUT2D eigenvalue weighted by Crippen LogP contribution is 2.23. The van der Waals surface area contributed by atoms with Gasteiger partial charge >= 0.3 is 5.97 Å². The third kappa shape index (κ3) is 4.74. The van der Waals surface area contributed by atoms with Crippen LogP contribution in [0.2, 0.25) is 5.02 Å². The number of carbonyl (C=O) groups is 2. The van der Waals surface area contributed by atoms with Crippen molar-refractivity contribution in [1.82, 2.24) is 5.32 Å². The van der Waals surface area contributed by atoms with Crippen LogP contribution in [-0.2, 0) is 4.79 Å². The van der Waals surface area contributed by atoms with E-state index in [4.69, 9.17) is 16.7 Å². The zero-order chi connectivity index (χ0) is 15.3. The Labute approximate surface area is 123 Å². The second-order valence-corrected chi connectivity index (χ2v) is 5.46. The molecule has 0 spiro atoms. The molecule has 110 valence electrons. The molecule has 1 aromatic rings. The molecule has 1 rings (SSSR count). The van der Waals surface area contributed by atoms with Gasteiger partial charge in [0.05, 0.1) is 17.8 Å². The number of hydrogen-bond donors (Lipinski definition) is 2. The Morgan fingerprint density at radius 1 is 1.40 bits per heavy atom. The van der Waals surface area contributed by atoms with E-state index in [-0.39, 0.29) is 18.0 Å². The Morgan fingerprint density at radius 3 is 2.60 bits per heavy atom. The van der Waals surface area contributed by atoms with Crippen LogP contribution in [0.15, 0.2) is 18.2 Å². The van der Waals surface area contributed by atoms with Crippen molar-refractivity contribution in [2.45, 2.75) is 13.8 Å². The molecule has 0 aliphatic carbocycles. The normalized spacial score (nSPS) is 10.4. The lowest BCUT2D eigenvalue weighted by Crippen LogP contribution is -2.37. The SMILES string of the molecule is CC(C)CNC(=O)CN(C)c1ccc(Cl)cc1C(=O)O. The maximum Gasteiger partial charge on any atom is 0.337 e. The van der Waals surface area contributed by atoms with Gasteiger partial charge in [-0.15, -0.1) is 0 Å². The van der Waals surface area contributed by atoms with E-state index >= 15 is 0 Å².